The summed E-state index contributed by atoms with van der Waals surface area (Å²) < 4.78 is 22.7. The summed E-state index contributed by atoms with van der Waals surface area (Å²) in [7, 11) is -4.49. The normalized spacial score (nSPS) is 12.7. The third kappa shape index (κ3) is 4.97. The maximum atomic E-state index is 12.6. The predicted molar refractivity (Wildman–Crippen MR) is 103 cm³/mol. The van der Waals surface area contributed by atoms with Crippen LogP contribution in [0.15, 0.2) is 78.9 Å². The van der Waals surface area contributed by atoms with E-state index in [-0.39, 0.29) is 17.1 Å². The summed E-state index contributed by atoms with van der Waals surface area (Å²) in [6, 6.07) is 21.9. The number of nitrogens with one attached hydrogen (secondary N) is 1. The zero-order chi connectivity index (χ0) is 19.3. The quantitative estimate of drug-likeness (QED) is 0.597. The Kier molecular flexibility index (Phi) is 5.60. The van der Waals surface area contributed by atoms with Gasteiger partial charge >= 0.3 is 7.82 Å². The summed E-state index contributed by atoms with van der Waals surface area (Å²) in [6.07, 6.45) is 0. The zero-order valence-corrected chi connectivity index (χ0v) is 15.4. The van der Waals surface area contributed by atoms with Crippen LogP contribution in [0.5, 0.6) is 11.5 Å². The number of amides is 1. The van der Waals surface area contributed by atoms with Gasteiger partial charge in [0.25, 0.3) is 5.91 Å². The predicted octanol–water partition coefficient (Wildman–Crippen LogP) is 4.81. The van der Waals surface area contributed by atoms with E-state index in [1.54, 1.807) is 61.5 Å². The van der Waals surface area contributed by atoms with Gasteiger partial charge in [-0.15, -0.1) is 0 Å². The second kappa shape index (κ2) is 8.08. The van der Waals surface area contributed by atoms with E-state index in [9.17, 15) is 14.3 Å². The van der Waals surface area contributed by atoms with E-state index in [4.69, 9.17) is 9.05 Å². The molecule has 0 aliphatic carbocycles. The van der Waals surface area contributed by atoms with E-state index in [0.717, 1.165) is 0 Å². The molecule has 1 amide bonds. The van der Waals surface area contributed by atoms with Gasteiger partial charge in [-0.25, -0.2) is 4.57 Å². The van der Waals surface area contributed by atoms with Crippen molar-refractivity contribution in [1.29, 1.82) is 0 Å². The maximum Gasteiger partial charge on any atom is 0.584 e. The fourth-order valence-corrected chi connectivity index (χ4v) is 3.32. The Morgan fingerprint density at radius 2 is 1.52 bits per heavy atom. The SMILES string of the molecule is Cc1cccc(C(=O)Nc2ccccc2)c1OP(=O)(O)Oc1ccccc1. The van der Waals surface area contributed by atoms with Crippen molar-refractivity contribution in [3.8, 4) is 11.5 Å². The van der Waals surface area contributed by atoms with Gasteiger partial charge < -0.3 is 14.4 Å². The van der Waals surface area contributed by atoms with Gasteiger partial charge in [-0.3, -0.25) is 9.69 Å². The molecular formula is C20H18NO5P. The molecular weight excluding hydrogens is 365 g/mol. The van der Waals surface area contributed by atoms with Crippen molar-refractivity contribution in [2.75, 3.05) is 5.32 Å². The van der Waals surface area contributed by atoms with Gasteiger partial charge in [0.2, 0.25) is 0 Å². The first-order chi connectivity index (χ1) is 12.9. The fourth-order valence-electron chi connectivity index (χ4n) is 2.42. The number of carbonyl (C=O) groups excluding carboxylic acids is 1. The second-order valence-electron chi connectivity index (χ2n) is 5.74. The molecule has 0 heterocycles. The molecule has 1 unspecified atom stereocenters. The summed E-state index contributed by atoms with van der Waals surface area (Å²) in [5.74, 6) is -0.278. The van der Waals surface area contributed by atoms with E-state index < -0.39 is 13.7 Å². The van der Waals surface area contributed by atoms with Gasteiger partial charge in [0, 0.05) is 5.69 Å². The van der Waals surface area contributed by atoms with Crippen molar-refractivity contribution in [2.24, 2.45) is 0 Å². The van der Waals surface area contributed by atoms with Crippen molar-refractivity contribution in [3.63, 3.8) is 0 Å². The highest BCUT2D eigenvalue weighted by Crippen LogP contribution is 2.46. The minimum absolute atomic E-state index is 0.00676. The van der Waals surface area contributed by atoms with Crippen LogP contribution in [0.4, 0.5) is 5.69 Å². The summed E-state index contributed by atoms with van der Waals surface area (Å²) in [5, 5.41) is 2.73. The standard InChI is InChI=1S/C20H18NO5P/c1-15-9-8-14-18(20(22)21-16-10-4-2-5-11-16)19(15)26-27(23,24)25-17-12-6-3-7-13-17/h2-14H,1H3,(H,21,22)(H,23,24). The first kappa shape index (κ1) is 18.7. The second-order valence-corrected chi connectivity index (χ2v) is 7.04. The van der Waals surface area contributed by atoms with Gasteiger partial charge in [-0.05, 0) is 42.8 Å². The molecule has 3 rings (SSSR count). The third-order valence-electron chi connectivity index (χ3n) is 3.66. The molecule has 0 aliphatic heterocycles. The minimum Gasteiger partial charge on any atom is -0.395 e. The molecule has 0 spiro atoms. The van der Waals surface area contributed by atoms with Crippen LogP contribution >= 0.6 is 7.82 Å². The number of para-hydroxylation sites is 3. The molecule has 138 valence electrons. The number of carbonyl (C=O) groups is 1. The van der Waals surface area contributed by atoms with Crippen LogP contribution in [0.25, 0.3) is 0 Å². The van der Waals surface area contributed by atoms with Gasteiger partial charge in [0.05, 0.1) is 5.56 Å². The largest absolute Gasteiger partial charge is 0.584 e. The summed E-state index contributed by atoms with van der Waals surface area (Å²) in [5.41, 5.74) is 1.26. The number of benzene rings is 3. The third-order valence-corrected chi connectivity index (χ3v) is 4.51. The smallest absolute Gasteiger partial charge is 0.395 e. The first-order valence-electron chi connectivity index (χ1n) is 8.18. The van der Waals surface area contributed by atoms with Crippen LogP contribution in [0.3, 0.4) is 0 Å². The maximum absolute atomic E-state index is 12.6. The Bertz CT molecular complexity index is 976. The molecule has 27 heavy (non-hydrogen) atoms. The van der Waals surface area contributed by atoms with E-state index in [2.05, 4.69) is 5.32 Å². The Balaban J connectivity index is 1.85. The minimum atomic E-state index is -4.49. The Morgan fingerprint density at radius 1 is 0.889 bits per heavy atom. The van der Waals surface area contributed by atoms with Gasteiger partial charge in [0.15, 0.2) is 0 Å². The van der Waals surface area contributed by atoms with Crippen LogP contribution in [0.1, 0.15) is 15.9 Å². The monoisotopic (exact) mass is 383 g/mol. The van der Waals surface area contributed by atoms with Gasteiger partial charge in [-0.1, -0.05) is 48.5 Å². The summed E-state index contributed by atoms with van der Waals surface area (Å²) >= 11 is 0. The van der Waals surface area contributed by atoms with Gasteiger partial charge in [-0.2, -0.15) is 0 Å². The first-order valence-corrected chi connectivity index (χ1v) is 9.67. The average Bonchev–Trinajstić information content (AvgIpc) is 2.64. The Hall–Kier alpha value is -3.08. The highest BCUT2D eigenvalue weighted by atomic mass is 31.2. The van der Waals surface area contributed by atoms with Crippen LogP contribution in [0.2, 0.25) is 0 Å². The number of anilines is 1. The molecule has 7 heteroatoms. The Labute approximate surface area is 157 Å². The molecule has 2 N–H and O–H groups in total. The Morgan fingerprint density at radius 3 is 2.19 bits per heavy atom. The molecule has 0 saturated carbocycles. The van der Waals surface area contributed by atoms with E-state index >= 15 is 0 Å². The molecule has 1 atom stereocenters. The number of aryl methyl sites for hydroxylation is 1. The van der Waals surface area contributed by atoms with Crippen molar-refractivity contribution >= 4 is 19.4 Å². The van der Waals surface area contributed by atoms with Crippen LogP contribution in [0, 0.1) is 6.92 Å². The number of phosphoric ester groups is 1. The molecule has 3 aromatic rings. The fraction of sp³-hybridized carbons (Fsp3) is 0.0500. The van der Waals surface area contributed by atoms with Gasteiger partial charge in [0.1, 0.15) is 11.5 Å². The highest BCUT2D eigenvalue weighted by Gasteiger charge is 2.28. The molecule has 0 bridgehead atoms. The lowest BCUT2D eigenvalue weighted by Gasteiger charge is -2.17. The van der Waals surface area contributed by atoms with Crippen LogP contribution in [-0.4, -0.2) is 10.8 Å². The van der Waals surface area contributed by atoms with E-state index in [1.165, 1.54) is 18.2 Å². The molecule has 6 nitrogen and oxygen atoms in total. The van der Waals surface area contributed by atoms with Crippen LogP contribution < -0.4 is 14.4 Å². The average molecular weight is 383 g/mol. The van der Waals surface area contributed by atoms with Crippen molar-refractivity contribution in [1.82, 2.24) is 0 Å². The van der Waals surface area contributed by atoms with Crippen LogP contribution in [-0.2, 0) is 4.57 Å². The molecule has 0 aliphatic rings. The van der Waals surface area contributed by atoms with Crippen molar-refractivity contribution < 1.29 is 23.3 Å². The van der Waals surface area contributed by atoms with Crippen molar-refractivity contribution in [3.05, 3.63) is 90.0 Å². The molecule has 0 radical (unpaired) electrons. The van der Waals surface area contributed by atoms with Crippen molar-refractivity contribution in [2.45, 2.75) is 6.92 Å². The lowest BCUT2D eigenvalue weighted by atomic mass is 10.1. The zero-order valence-electron chi connectivity index (χ0n) is 14.5. The topological polar surface area (TPSA) is 84.9 Å². The highest BCUT2D eigenvalue weighted by molar-refractivity contribution is 7.48. The number of hydrogen-bond donors (Lipinski definition) is 2. The number of rotatable bonds is 6. The molecule has 0 aromatic heterocycles. The molecule has 0 fully saturated rings. The molecule has 3 aromatic carbocycles. The lowest BCUT2D eigenvalue weighted by Crippen LogP contribution is -2.14. The summed E-state index contributed by atoms with van der Waals surface area (Å²) in [4.78, 5) is 22.7. The lowest BCUT2D eigenvalue weighted by molar-refractivity contribution is 0.102. The van der Waals surface area contributed by atoms with E-state index in [0.29, 0.717) is 11.3 Å². The summed E-state index contributed by atoms with van der Waals surface area (Å²) in [6.45, 7) is 1.68. The number of phosphoric acid groups is 1. The number of hydrogen-bond acceptors (Lipinski definition) is 4. The van der Waals surface area contributed by atoms with E-state index in [1.807, 2.05) is 6.07 Å². The molecule has 0 saturated heterocycles.